The molecular formula is C12H20N2O6. The lowest BCUT2D eigenvalue weighted by molar-refractivity contribution is -0.145. The van der Waals surface area contributed by atoms with Gasteiger partial charge in [-0.15, -0.1) is 0 Å². The van der Waals surface area contributed by atoms with Gasteiger partial charge in [-0.3, -0.25) is 4.79 Å². The number of hydrogen-bond donors (Lipinski definition) is 4. The number of nitrogens with one attached hydrogen (secondary N) is 1. The number of aliphatic carboxylic acids is 2. The Bertz CT molecular complexity index is 373. The number of carbonyl (C=O) groups excluding carboxylic acids is 1. The highest BCUT2D eigenvalue weighted by atomic mass is 16.4. The maximum Gasteiger partial charge on any atom is 0.326 e. The molecule has 4 N–H and O–H groups in total. The van der Waals surface area contributed by atoms with Gasteiger partial charge in [0.2, 0.25) is 0 Å². The molecule has 0 aliphatic carbocycles. The second kappa shape index (κ2) is 7.68. The first kappa shape index (κ1) is 16.2. The van der Waals surface area contributed by atoms with Crippen LogP contribution < -0.4 is 5.32 Å². The van der Waals surface area contributed by atoms with Crippen LogP contribution >= 0.6 is 0 Å². The normalized spacial score (nSPS) is 19.6. The van der Waals surface area contributed by atoms with Gasteiger partial charge in [0, 0.05) is 19.2 Å². The standard InChI is InChI=1S/C12H20N2O6/c15-6-2-4-8-3-1-5-14(8)12(20)13-9(11(18)19)7-10(16)17/h8-9,15H,1-7H2,(H,13,20)(H,16,17)(H,18,19)/t8?,9-/m1/s1. The SMILES string of the molecule is O=C(O)C[C@@H](NC(=O)N1CCCC1CCCO)C(=O)O. The van der Waals surface area contributed by atoms with Crippen molar-refractivity contribution in [2.45, 2.75) is 44.2 Å². The Kier molecular flexibility index (Phi) is 6.23. The molecule has 1 aliphatic heterocycles. The van der Waals surface area contributed by atoms with Crippen LogP contribution in [0.3, 0.4) is 0 Å². The van der Waals surface area contributed by atoms with Gasteiger partial charge in [0.15, 0.2) is 0 Å². The smallest absolute Gasteiger partial charge is 0.326 e. The Balaban J connectivity index is 2.58. The second-order valence-electron chi connectivity index (χ2n) is 4.79. The Morgan fingerprint density at radius 2 is 2.00 bits per heavy atom. The molecule has 2 atom stereocenters. The van der Waals surface area contributed by atoms with E-state index in [4.69, 9.17) is 15.3 Å². The van der Waals surface area contributed by atoms with Gasteiger partial charge in [-0.2, -0.15) is 0 Å². The summed E-state index contributed by atoms with van der Waals surface area (Å²) in [4.78, 5) is 35.0. The highest BCUT2D eigenvalue weighted by molar-refractivity contribution is 5.86. The maximum absolute atomic E-state index is 12.0. The summed E-state index contributed by atoms with van der Waals surface area (Å²) < 4.78 is 0. The van der Waals surface area contributed by atoms with E-state index < -0.39 is 30.4 Å². The molecule has 1 rings (SSSR count). The largest absolute Gasteiger partial charge is 0.481 e. The first-order valence-corrected chi connectivity index (χ1v) is 6.58. The monoisotopic (exact) mass is 288 g/mol. The van der Waals surface area contributed by atoms with E-state index >= 15 is 0 Å². The summed E-state index contributed by atoms with van der Waals surface area (Å²) in [6, 6.07) is -2.01. The zero-order chi connectivity index (χ0) is 15.1. The Morgan fingerprint density at radius 1 is 1.30 bits per heavy atom. The Morgan fingerprint density at radius 3 is 2.55 bits per heavy atom. The molecule has 1 saturated heterocycles. The van der Waals surface area contributed by atoms with Gasteiger partial charge in [-0.1, -0.05) is 0 Å². The number of aliphatic hydroxyl groups is 1. The van der Waals surface area contributed by atoms with E-state index in [9.17, 15) is 14.4 Å². The lowest BCUT2D eigenvalue weighted by atomic mass is 10.1. The average Bonchev–Trinajstić information content (AvgIpc) is 2.83. The summed E-state index contributed by atoms with van der Waals surface area (Å²) in [6.07, 6.45) is 2.20. The molecule has 1 heterocycles. The summed E-state index contributed by atoms with van der Waals surface area (Å²) in [5.74, 6) is -2.65. The van der Waals surface area contributed by atoms with Crippen LogP contribution in [-0.4, -0.2) is 63.4 Å². The van der Waals surface area contributed by atoms with Gasteiger partial charge < -0.3 is 25.5 Å². The molecule has 0 aromatic rings. The fourth-order valence-corrected chi connectivity index (χ4v) is 2.34. The van der Waals surface area contributed by atoms with Crippen LogP contribution in [0.2, 0.25) is 0 Å². The summed E-state index contributed by atoms with van der Waals surface area (Å²) in [6.45, 7) is 0.560. The number of hydrogen-bond acceptors (Lipinski definition) is 4. The van der Waals surface area contributed by atoms with Crippen molar-refractivity contribution in [3.8, 4) is 0 Å². The van der Waals surface area contributed by atoms with E-state index in [1.165, 1.54) is 4.90 Å². The number of likely N-dealkylation sites (tertiary alicyclic amines) is 1. The number of rotatable bonds is 7. The fraction of sp³-hybridized carbons (Fsp3) is 0.750. The molecule has 20 heavy (non-hydrogen) atoms. The molecule has 114 valence electrons. The first-order valence-electron chi connectivity index (χ1n) is 6.58. The summed E-state index contributed by atoms with van der Waals surface area (Å²) in [7, 11) is 0. The molecule has 8 nitrogen and oxygen atoms in total. The van der Waals surface area contributed by atoms with Crippen molar-refractivity contribution >= 4 is 18.0 Å². The van der Waals surface area contributed by atoms with E-state index in [-0.39, 0.29) is 12.6 Å². The van der Waals surface area contributed by atoms with Crippen LogP contribution in [0.25, 0.3) is 0 Å². The minimum Gasteiger partial charge on any atom is -0.481 e. The lowest BCUT2D eigenvalue weighted by Gasteiger charge is -2.26. The number of nitrogens with zero attached hydrogens (tertiary/aromatic N) is 1. The second-order valence-corrected chi connectivity index (χ2v) is 4.79. The minimum atomic E-state index is -1.43. The summed E-state index contributed by atoms with van der Waals surface area (Å²) >= 11 is 0. The van der Waals surface area contributed by atoms with Crippen LogP contribution in [0.5, 0.6) is 0 Å². The van der Waals surface area contributed by atoms with E-state index in [0.717, 1.165) is 12.8 Å². The van der Waals surface area contributed by atoms with E-state index in [0.29, 0.717) is 19.4 Å². The highest BCUT2D eigenvalue weighted by Gasteiger charge is 2.31. The lowest BCUT2D eigenvalue weighted by Crippen LogP contribution is -2.50. The third-order valence-corrected chi connectivity index (χ3v) is 3.31. The zero-order valence-electron chi connectivity index (χ0n) is 11.1. The van der Waals surface area contributed by atoms with E-state index in [1.807, 2.05) is 0 Å². The van der Waals surface area contributed by atoms with Crippen molar-refractivity contribution in [3.63, 3.8) is 0 Å². The molecule has 8 heteroatoms. The van der Waals surface area contributed by atoms with Crippen LogP contribution in [0.1, 0.15) is 32.1 Å². The third-order valence-electron chi connectivity index (χ3n) is 3.31. The number of carboxylic acid groups (broad SMARTS) is 2. The fourth-order valence-electron chi connectivity index (χ4n) is 2.34. The van der Waals surface area contributed by atoms with Crippen molar-refractivity contribution in [1.29, 1.82) is 0 Å². The molecule has 0 bridgehead atoms. The van der Waals surface area contributed by atoms with Crippen molar-refractivity contribution in [1.82, 2.24) is 10.2 Å². The number of aliphatic hydroxyl groups excluding tert-OH is 1. The molecule has 0 aromatic carbocycles. The zero-order valence-corrected chi connectivity index (χ0v) is 11.1. The predicted molar refractivity (Wildman–Crippen MR) is 68.3 cm³/mol. The Hall–Kier alpha value is -1.83. The van der Waals surface area contributed by atoms with Gasteiger partial charge in [0.1, 0.15) is 6.04 Å². The van der Waals surface area contributed by atoms with Gasteiger partial charge in [0.25, 0.3) is 0 Å². The minimum absolute atomic E-state index is 0.0265. The quantitative estimate of drug-likeness (QED) is 0.516. The number of amides is 2. The third kappa shape index (κ3) is 4.69. The van der Waals surface area contributed by atoms with E-state index in [1.54, 1.807) is 0 Å². The van der Waals surface area contributed by atoms with Crippen LogP contribution in [-0.2, 0) is 9.59 Å². The molecule has 2 amide bonds. The topological polar surface area (TPSA) is 127 Å². The van der Waals surface area contributed by atoms with Gasteiger partial charge in [-0.05, 0) is 25.7 Å². The number of carboxylic acids is 2. The first-order chi connectivity index (χ1) is 9.45. The molecule has 1 fully saturated rings. The average molecular weight is 288 g/mol. The van der Waals surface area contributed by atoms with Crippen LogP contribution in [0.15, 0.2) is 0 Å². The summed E-state index contributed by atoms with van der Waals surface area (Å²) in [5.41, 5.74) is 0. The number of carbonyl (C=O) groups is 3. The van der Waals surface area contributed by atoms with Gasteiger partial charge in [-0.25, -0.2) is 9.59 Å². The van der Waals surface area contributed by atoms with Crippen molar-refractivity contribution in [2.24, 2.45) is 0 Å². The maximum atomic E-state index is 12.0. The molecular weight excluding hydrogens is 268 g/mol. The van der Waals surface area contributed by atoms with Crippen molar-refractivity contribution < 1.29 is 29.7 Å². The van der Waals surface area contributed by atoms with E-state index in [2.05, 4.69) is 5.32 Å². The van der Waals surface area contributed by atoms with Gasteiger partial charge >= 0.3 is 18.0 Å². The molecule has 0 saturated carbocycles. The van der Waals surface area contributed by atoms with Crippen LogP contribution in [0, 0.1) is 0 Å². The Labute approximate surface area is 116 Å². The van der Waals surface area contributed by atoms with Crippen LogP contribution in [0.4, 0.5) is 4.79 Å². The molecule has 1 aliphatic rings. The predicted octanol–water partition coefficient (Wildman–Crippen LogP) is -0.139. The van der Waals surface area contributed by atoms with Crippen molar-refractivity contribution in [3.05, 3.63) is 0 Å². The molecule has 1 unspecified atom stereocenters. The molecule has 0 spiro atoms. The number of urea groups is 1. The summed E-state index contributed by atoms with van der Waals surface area (Å²) in [5, 5.41) is 28.6. The highest BCUT2D eigenvalue weighted by Crippen LogP contribution is 2.21. The molecule has 0 aromatic heterocycles. The van der Waals surface area contributed by atoms with Gasteiger partial charge in [0.05, 0.1) is 6.42 Å². The van der Waals surface area contributed by atoms with Crippen molar-refractivity contribution in [2.75, 3.05) is 13.2 Å². The molecule has 0 radical (unpaired) electrons.